The first kappa shape index (κ1) is 17.9. The minimum Gasteiger partial charge on any atom is -0.356 e. The molecular formula is C17H21BrN6S. The maximum atomic E-state index is 4.37. The fourth-order valence-electron chi connectivity index (χ4n) is 2.64. The van der Waals surface area contributed by atoms with Crippen LogP contribution >= 0.6 is 27.3 Å². The van der Waals surface area contributed by atoms with E-state index in [0.29, 0.717) is 0 Å². The molecule has 0 aromatic carbocycles. The van der Waals surface area contributed by atoms with Crippen molar-refractivity contribution < 1.29 is 0 Å². The summed E-state index contributed by atoms with van der Waals surface area (Å²) in [6.45, 7) is 1.68. The average Bonchev–Trinajstić information content (AvgIpc) is 3.21. The summed E-state index contributed by atoms with van der Waals surface area (Å²) >= 11 is 5.25. The Hall–Kier alpha value is -1.93. The number of aryl methyl sites for hydroxylation is 1. The second-order valence-electron chi connectivity index (χ2n) is 5.68. The van der Waals surface area contributed by atoms with Gasteiger partial charge in [0.15, 0.2) is 11.6 Å². The lowest BCUT2D eigenvalue weighted by Gasteiger charge is -2.21. The van der Waals surface area contributed by atoms with Gasteiger partial charge in [0.1, 0.15) is 5.82 Å². The zero-order valence-electron chi connectivity index (χ0n) is 14.3. The molecule has 25 heavy (non-hydrogen) atoms. The fraction of sp³-hybridized carbons (Fsp3) is 0.353. The highest BCUT2D eigenvalue weighted by molar-refractivity contribution is 9.11. The monoisotopic (exact) mass is 420 g/mol. The van der Waals surface area contributed by atoms with E-state index in [1.807, 2.05) is 35.8 Å². The van der Waals surface area contributed by atoms with Crippen molar-refractivity contribution in [3.8, 4) is 0 Å². The third-order valence-electron chi connectivity index (χ3n) is 3.84. The predicted octanol–water partition coefficient (Wildman–Crippen LogP) is 3.19. The van der Waals surface area contributed by atoms with Crippen LogP contribution in [-0.4, -0.2) is 46.1 Å². The van der Waals surface area contributed by atoms with Gasteiger partial charge >= 0.3 is 0 Å². The quantitative estimate of drug-likeness (QED) is 0.377. The van der Waals surface area contributed by atoms with Gasteiger partial charge in [-0.3, -0.25) is 9.39 Å². The maximum absolute atomic E-state index is 4.37. The Bertz CT molecular complexity index is 856. The molecule has 0 fully saturated rings. The van der Waals surface area contributed by atoms with E-state index >= 15 is 0 Å². The van der Waals surface area contributed by atoms with E-state index in [4.69, 9.17) is 0 Å². The molecule has 0 saturated heterocycles. The molecule has 0 atom stereocenters. The molecule has 0 amide bonds. The molecule has 1 N–H and O–H groups in total. The van der Waals surface area contributed by atoms with Gasteiger partial charge in [0.2, 0.25) is 0 Å². The Morgan fingerprint density at radius 3 is 2.96 bits per heavy atom. The SMILES string of the molecule is CN=C(NCCCc1nnc2ccccn12)N(C)Cc1ccc(Br)s1. The fourth-order valence-corrected chi connectivity index (χ4v) is 4.17. The number of thiophene rings is 1. The summed E-state index contributed by atoms with van der Waals surface area (Å²) in [6.07, 6.45) is 3.84. The lowest BCUT2D eigenvalue weighted by Crippen LogP contribution is -2.38. The molecule has 8 heteroatoms. The van der Waals surface area contributed by atoms with E-state index in [0.717, 1.165) is 47.1 Å². The smallest absolute Gasteiger partial charge is 0.193 e. The minimum absolute atomic E-state index is 0.838. The normalized spacial score (nSPS) is 11.9. The van der Waals surface area contributed by atoms with Crippen molar-refractivity contribution in [2.24, 2.45) is 4.99 Å². The van der Waals surface area contributed by atoms with E-state index in [1.165, 1.54) is 4.88 Å². The summed E-state index contributed by atoms with van der Waals surface area (Å²) in [5.41, 5.74) is 0.892. The predicted molar refractivity (Wildman–Crippen MR) is 106 cm³/mol. The molecule has 0 saturated carbocycles. The van der Waals surface area contributed by atoms with E-state index < -0.39 is 0 Å². The molecule has 0 radical (unpaired) electrons. The van der Waals surface area contributed by atoms with Crippen molar-refractivity contribution >= 4 is 38.9 Å². The average molecular weight is 421 g/mol. The molecule has 0 aliphatic rings. The van der Waals surface area contributed by atoms with Crippen LogP contribution < -0.4 is 5.32 Å². The van der Waals surface area contributed by atoms with Crippen molar-refractivity contribution in [1.82, 2.24) is 24.8 Å². The van der Waals surface area contributed by atoms with Crippen LogP contribution in [-0.2, 0) is 13.0 Å². The van der Waals surface area contributed by atoms with E-state index in [-0.39, 0.29) is 0 Å². The second-order valence-corrected chi connectivity index (χ2v) is 8.23. The third kappa shape index (κ3) is 4.58. The number of fused-ring (bicyclic) bond motifs is 1. The Kier molecular flexibility index (Phi) is 6.04. The molecule has 6 nitrogen and oxygen atoms in total. The van der Waals surface area contributed by atoms with Gasteiger partial charge in [-0.1, -0.05) is 6.07 Å². The first-order valence-electron chi connectivity index (χ1n) is 8.12. The number of rotatable bonds is 6. The highest BCUT2D eigenvalue weighted by Crippen LogP contribution is 2.22. The zero-order valence-corrected chi connectivity index (χ0v) is 16.7. The molecule has 0 aliphatic carbocycles. The lowest BCUT2D eigenvalue weighted by atomic mass is 10.3. The number of hydrogen-bond acceptors (Lipinski definition) is 4. The van der Waals surface area contributed by atoms with Crippen molar-refractivity contribution in [2.75, 3.05) is 20.6 Å². The summed E-state index contributed by atoms with van der Waals surface area (Å²) in [4.78, 5) is 7.79. The molecule has 0 bridgehead atoms. The molecule has 0 spiro atoms. The van der Waals surface area contributed by atoms with Crippen LogP contribution in [0, 0.1) is 0 Å². The van der Waals surface area contributed by atoms with Gasteiger partial charge in [0.25, 0.3) is 0 Å². The summed E-state index contributed by atoms with van der Waals surface area (Å²) in [7, 11) is 3.87. The van der Waals surface area contributed by atoms with Gasteiger partial charge < -0.3 is 10.2 Å². The van der Waals surface area contributed by atoms with Crippen LogP contribution in [0.25, 0.3) is 5.65 Å². The lowest BCUT2D eigenvalue weighted by molar-refractivity contribution is 0.480. The minimum atomic E-state index is 0.838. The Labute approximate surface area is 159 Å². The van der Waals surface area contributed by atoms with Crippen molar-refractivity contribution in [2.45, 2.75) is 19.4 Å². The first-order chi connectivity index (χ1) is 12.2. The summed E-state index contributed by atoms with van der Waals surface area (Å²) in [6, 6.07) is 10.1. The number of nitrogens with one attached hydrogen (secondary N) is 1. The molecule has 3 aromatic heterocycles. The number of aromatic nitrogens is 3. The molecule has 3 heterocycles. The first-order valence-corrected chi connectivity index (χ1v) is 9.73. The zero-order chi connectivity index (χ0) is 17.6. The number of halogens is 1. The Morgan fingerprint density at radius 2 is 2.20 bits per heavy atom. The number of hydrogen-bond donors (Lipinski definition) is 1. The Morgan fingerprint density at radius 1 is 1.32 bits per heavy atom. The van der Waals surface area contributed by atoms with Gasteiger partial charge in [-0.05, 0) is 46.6 Å². The van der Waals surface area contributed by atoms with Gasteiger partial charge in [0.05, 0.1) is 10.3 Å². The van der Waals surface area contributed by atoms with Crippen LogP contribution in [0.2, 0.25) is 0 Å². The molecule has 0 aliphatic heterocycles. The second kappa shape index (κ2) is 8.44. The maximum Gasteiger partial charge on any atom is 0.193 e. The van der Waals surface area contributed by atoms with Crippen molar-refractivity contribution in [1.29, 1.82) is 0 Å². The van der Waals surface area contributed by atoms with Crippen LogP contribution in [0.4, 0.5) is 0 Å². The van der Waals surface area contributed by atoms with Gasteiger partial charge in [-0.25, -0.2) is 0 Å². The topological polar surface area (TPSA) is 57.8 Å². The molecule has 0 unspecified atom stereocenters. The van der Waals surface area contributed by atoms with E-state index in [2.05, 4.69) is 60.5 Å². The molecule has 3 aromatic rings. The largest absolute Gasteiger partial charge is 0.356 e. The highest BCUT2D eigenvalue weighted by Gasteiger charge is 2.09. The third-order valence-corrected chi connectivity index (χ3v) is 5.45. The number of nitrogens with zero attached hydrogens (tertiary/aromatic N) is 5. The van der Waals surface area contributed by atoms with Crippen LogP contribution in [0.5, 0.6) is 0 Å². The number of guanidine groups is 1. The molecule has 3 rings (SSSR count). The highest BCUT2D eigenvalue weighted by atomic mass is 79.9. The van der Waals surface area contributed by atoms with E-state index in [1.54, 1.807) is 11.3 Å². The van der Waals surface area contributed by atoms with E-state index in [9.17, 15) is 0 Å². The Balaban J connectivity index is 1.48. The van der Waals surface area contributed by atoms with Crippen LogP contribution in [0.15, 0.2) is 45.3 Å². The summed E-state index contributed by atoms with van der Waals surface area (Å²) in [5.74, 6) is 1.89. The van der Waals surface area contributed by atoms with Crippen molar-refractivity contribution in [3.05, 3.63) is 51.0 Å². The van der Waals surface area contributed by atoms with Gasteiger partial charge in [-0.15, -0.1) is 21.5 Å². The van der Waals surface area contributed by atoms with Gasteiger partial charge in [-0.2, -0.15) is 0 Å². The summed E-state index contributed by atoms with van der Waals surface area (Å²) < 4.78 is 3.19. The standard InChI is InChI=1S/C17H21BrN6S/c1-19-17(23(2)12-13-8-9-14(18)25-13)20-10-5-7-16-22-21-15-6-3-4-11-24(15)16/h3-4,6,8-9,11H,5,7,10,12H2,1-2H3,(H,19,20). The van der Waals surface area contributed by atoms with Crippen LogP contribution in [0.1, 0.15) is 17.1 Å². The summed E-state index contributed by atoms with van der Waals surface area (Å²) in [5, 5.41) is 11.9. The van der Waals surface area contributed by atoms with Crippen molar-refractivity contribution in [3.63, 3.8) is 0 Å². The number of aliphatic imine (C=N–C) groups is 1. The van der Waals surface area contributed by atoms with Gasteiger partial charge in [0, 0.05) is 38.1 Å². The van der Waals surface area contributed by atoms with Crippen LogP contribution in [0.3, 0.4) is 0 Å². The molecular weight excluding hydrogens is 400 g/mol. The molecule has 132 valence electrons. The number of pyridine rings is 1.